The van der Waals surface area contributed by atoms with Crippen LogP contribution in [0.25, 0.3) is 0 Å². The fourth-order valence-electron chi connectivity index (χ4n) is 1.57. The van der Waals surface area contributed by atoms with Gasteiger partial charge in [0.05, 0.1) is 6.20 Å². The Balaban J connectivity index is 2.29. The molecule has 0 radical (unpaired) electrons. The second-order valence-corrected chi connectivity index (χ2v) is 5.68. The Morgan fingerprint density at radius 3 is 2.45 bits per heavy atom. The average molecular weight is 309 g/mol. The number of hydrogen-bond acceptors (Lipinski definition) is 4. The summed E-state index contributed by atoms with van der Waals surface area (Å²) >= 11 is 0. The van der Waals surface area contributed by atoms with Crippen molar-refractivity contribution >= 4 is 16.0 Å². The number of nitrogens with zero attached hydrogens (tertiary/aromatic N) is 1. The van der Waals surface area contributed by atoms with E-state index in [1.165, 1.54) is 13.0 Å². The number of nitrogens with one attached hydrogen (secondary N) is 2. The number of hydrogen-bond donors (Lipinski definition) is 2. The Morgan fingerprint density at radius 2 is 2.00 bits per heavy atom. The van der Waals surface area contributed by atoms with Gasteiger partial charge < -0.3 is 9.40 Å². The lowest BCUT2D eigenvalue weighted by atomic mass is 10.4. The number of anilines is 1. The number of aryl methyl sites for hydroxylation is 2. The van der Waals surface area contributed by atoms with Gasteiger partial charge >= 0.3 is 6.18 Å². The fraction of sp³-hybridized carbons (Fsp3) is 0.300. The van der Waals surface area contributed by atoms with Gasteiger partial charge in [-0.2, -0.15) is 13.2 Å². The van der Waals surface area contributed by atoms with E-state index in [0.29, 0.717) is 12.0 Å². The number of imidazole rings is 1. The number of halogens is 3. The summed E-state index contributed by atoms with van der Waals surface area (Å²) in [6.45, 7) is 2.99. The van der Waals surface area contributed by atoms with Crippen LogP contribution in [0.5, 0.6) is 0 Å². The van der Waals surface area contributed by atoms with E-state index in [4.69, 9.17) is 4.42 Å². The first-order valence-electron chi connectivity index (χ1n) is 5.31. The molecule has 0 aromatic carbocycles. The van der Waals surface area contributed by atoms with Crippen LogP contribution in [-0.2, 0) is 16.2 Å². The summed E-state index contributed by atoms with van der Waals surface area (Å²) in [4.78, 5) is 5.03. The van der Waals surface area contributed by atoms with Gasteiger partial charge in [0, 0.05) is 6.07 Å². The third-order valence-electron chi connectivity index (χ3n) is 2.40. The van der Waals surface area contributed by atoms with Crippen molar-refractivity contribution in [2.75, 3.05) is 4.72 Å². The van der Waals surface area contributed by atoms with Crippen LogP contribution in [0.1, 0.15) is 17.2 Å². The standard InChI is InChI=1S/C10H10F3N3O3S/c1-5-3-7(6(2)19-5)20(17,18)16-9-14-4-8(15-9)10(11,12)13/h3-4H,1-2H3,(H2,14,15,16). The number of aromatic amines is 1. The van der Waals surface area contributed by atoms with Crippen molar-refractivity contribution in [3.05, 3.63) is 29.5 Å². The monoisotopic (exact) mass is 309 g/mol. The van der Waals surface area contributed by atoms with Gasteiger partial charge in [-0.25, -0.2) is 18.1 Å². The van der Waals surface area contributed by atoms with Crippen LogP contribution in [0.2, 0.25) is 0 Å². The Kier molecular flexibility index (Phi) is 3.28. The number of H-pyrrole nitrogens is 1. The summed E-state index contributed by atoms with van der Waals surface area (Å²) in [6, 6.07) is 1.27. The van der Waals surface area contributed by atoms with Crippen molar-refractivity contribution in [2.24, 2.45) is 0 Å². The lowest BCUT2D eigenvalue weighted by Crippen LogP contribution is -2.14. The first-order valence-corrected chi connectivity index (χ1v) is 6.80. The van der Waals surface area contributed by atoms with Crippen LogP contribution in [-0.4, -0.2) is 18.4 Å². The van der Waals surface area contributed by atoms with E-state index >= 15 is 0 Å². The van der Waals surface area contributed by atoms with Gasteiger partial charge in [-0.15, -0.1) is 0 Å². The average Bonchev–Trinajstić information content (AvgIpc) is 2.84. The van der Waals surface area contributed by atoms with E-state index in [2.05, 4.69) is 4.98 Å². The zero-order valence-corrected chi connectivity index (χ0v) is 11.2. The molecule has 0 unspecified atom stereocenters. The molecule has 0 atom stereocenters. The summed E-state index contributed by atoms with van der Waals surface area (Å²) in [5.74, 6) is -0.00789. The minimum Gasteiger partial charge on any atom is -0.465 e. The van der Waals surface area contributed by atoms with E-state index in [-0.39, 0.29) is 10.7 Å². The third-order valence-corrected chi connectivity index (χ3v) is 3.84. The van der Waals surface area contributed by atoms with Crippen LogP contribution in [0, 0.1) is 13.8 Å². The van der Waals surface area contributed by atoms with Gasteiger partial charge in [-0.05, 0) is 13.8 Å². The number of furan rings is 1. The summed E-state index contributed by atoms with van der Waals surface area (Å²) in [5, 5.41) is 0. The predicted octanol–water partition coefficient (Wildman–Crippen LogP) is 2.44. The Hall–Kier alpha value is -1.97. The van der Waals surface area contributed by atoms with Crippen LogP contribution < -0.4 is 4.72 Å². The van der Waals surface area contributed by atoms with Crippen LogP contribution >= 0.6 is 0 Å². The number of aromatic nitrogens is 2. The van der Waals surface area contributed by atoms with Gasteiger partial charge in [0.25, 0.3) is 10.0 Å². The molecule has 10 heteroatoms. The molecule has 2 aromatic rings. The zero-order chi connectivity index (χ0) is 15.1. The van der Waals surface area contributed by atoms with Crippen LogP contribution in [0.15, 0.2) is 21.6 Å². The molecule has 0 fully saturated rings. The number of sulfonamides is 1. The molecule has 0 aliphatic heterocycles. The summed E-state index contributed by atoms with van der Waals surface area (Å²) in [6.07, 6.45) is -4.12. The molecule has 2 N–H and O–H groups in total. The van der Waals surface area contributed by atoms with Crippen LogP contribution in [0.4, 0.5) is 19.1 Å². The van der Waals surface area contributed by atoms with Gasteiger partial charge in [0.1, 0.15) is 22.1 Å². The SMILES string of the molecule is Cc1cc(S(=O)(=O)Nc2ncc(C(F)(F)F)[nH]2)c(C)o1. The molecule has 2 heterocycles. The van der Waals surface area contributed by atoms with E-state index in [1.54, 1.807) is 6.92 Å². The maximum Gasteiger partial charge on any atom is 0.432 e. The molecular formula is C10H10F3N3O3S. The van der Waals surface area contributed by atoms with E-state index in [0.717, 1.165) is 0 Å². The highest BCUT2D eigenvalue weighted by atomic mass is 32.2. The molecule has 0 spiro atoms. The van der Waals surface area contributed by atoms with Crippen LogP contribution in [0.3, 0.4) is 0 Å². The van der Waals surface area contributed by atoms with Crippen molar-refractivity contribution in [1.82, 2.24) is 9.97 Å². The second kappa shape index (κ2) is 4.54. The maximum atomic E-state index is 12.4. The zero-order valence-electron chi connectivity index (χ0n) is 10.4. The highest BCUT2D eigenvalue weighted by Crippen LogP contribution is 2.29. The summed E-state index contributed by atoms with van der Waals surface area (Å²) in [7, 11) is -4.06. The predicted molar refractivity (Wildman–Crippen MR) is 62.6 cm³/mol. The smallest absolute Gasteiger partial charge is 0.432 e. The molecule has 110 valence electrons. The third kappa shape index (κ3) is 2.79. The van der Waals surface area contributed by atoms with Crippen molar-refractivity contribution < 1.29 is 26.0 Å². The van der Waals surface area contributed by atoms with Gasteiger partial charge in [-0.3, -0.25) is 0 Å². The van der Waals surface area contributed by atoms with Crippen molar-refractivity contribution in [2.45, 2.75) is 24.9 Å². The molecule has 0 amide bonds. The van der Waals surface area contributed by atoms with E-state index in [1.807, 2.05) is 9.71 Å². The molecule has 0 saturated heterocycles. The largest absolute Gasteiger partial charge is 0.465 e. The molecule has 20 heavy (non-hydrogen) atoms. The maximum absolute atomic E-state index is 12.4. The fourth-order valence-corrected chi connectivity index (χ4v) is 2.78. The topological polar surface area (TPSA) is 88.0 Å². The normalized spacial score (nSPS) is 12.7. The molecule has 2 rings (SSSR count). The Labute approximate surface area is 112 Å². The molecule has 2 aromatic heterocycles. The van der Waals surface area contributed by atoms with Crippen molar-refractivity contribution in [1.29, 1.82) is 0 Å². The van der Waals surface area contributed by atoms with Crippen molar-refractivity contribution in [3.8, 4) is 0 Å². The highest BCUT2D eigenvalue weighted by molar-refractivity contribution is 7.92. The summed E-state index contributed by atoms with van der Waals surface area (Å²) in [5.41, 5.74) is -1.14. The minimum atomic E-state index is -4.63. The molecule has 0 saturated carbocycles. The Morgan fingerprint density at radius 1 is 1.35 bits per heavy atom. The Bertz CT molecular complexity index is 731. The van der Waals surface area contributed by atoms with Gasteiger partial charge in [0.15, 0.2) is 0 Å². The second-order valence-electron chi connectivity index (χ2n) is 4.03. The highest BCUT2D eigenvalue weighted by Gasteiger charge is 2.33. The van der Waals surface area contributed by atoms with Gasteiger partial charge in [-0.1, -0.05) is 0 Å². The molecule has 6 nitrogen and oxygen atoms in total. The molecule has 0 aliphatic carbocycles. The van der Waals surface area contributed by atoms with Crippen molar-refractivity contribution in [3.63, 3.8) is 0 Å². The number of alkyl halides is 3. The lowest BCUT2D eigenvalue weighted by Gasteiger charge is -2.04. The molecule has 0 aliphatic rings. The molecule has 0 bridgehead atoms. The lowest BCUT2D eigenvalue weighted by molar-refractivity contribution is -0.140. The quantitative estimate of drug-likeness (QED) is 0.911. The van der Waals surface area contributed by atoms with E-state index < -0.39 is 27.8 Å². The van der Waals surface area contributed by atoms with Gasteiger partial charge in [0.2, 0.25) is 5.95 Å². The first kappa shape index (κ1) is 14.4. The summed E-state index contributed by atoms with van der Waals surface area (Å²) < 4.78 is 68.0. The first-order chi connectivity index (χ1) is 9.09. The molecular weight excluding hydrogens is 299 g/mol. The minimum absolute atomic E-state index is 0.137. The van der Waals surface area contributed by atoms with E-state index in [9.17, 15) is 21.6 Å². The number of rotatable bonds is 3.